The largest absolute Gasteiger partial charge is 0.480 e. The molecule has 1 aromatic carbocycles. The van der Waals surface area contributed by atoms with Crippen LogP contribution in [-0.4, -0.2) is 63.0 Å². The third-order valence-electron chi connectivity index (χ3n) is 6.56. The molecule has 1 heterocycles. The molecular weight excluding hydrogens is 414 g/mol. The first kappa shape index (κ1) is 23.7. The third-order valence-corrected chi connectivity index (χ3v) is 6.56. The molecule has 1 saturated heterocycles. The third kappa shape index (κ3) is 5.64. The molecule has 2 fully saturated rings. The van der Waals surface area contributed by atoms with Crippen LogP contribution in [0.2, 0.25) is 0 Å². The zero-order valence-electron chi connectivity index (χ0n) is 18.0. The Kier molecular flexibility index (Phi) is 7.84. The van der Waals surface area contributed by atoms with E-state index in [0.717, 1.165) is 31.2 Å². The second-order valence-electron chi connectivity index (χ2n) is 8.74. The van der Waals surface area contributed by atoms with Gasteiger partial charge in [0.25, 0.3) is 0 Å². The van der Waals surface area contributed by atoms with Crippen molar-refractivity contribution in [2.45, 2.75) is 75.5 Å². The molecule has 1 saturated carbocycles. The lowest BCUT2D eigenvalue weighted by molar-refractivity contribution is -0.150. The Morgan fingerprint density at radius 3 is 2.44 bits per heavy atom. The Balaban J connectivity index is 1.58. The Labute approximate surface area is 187 Å². The van der Waals surface area contributed by atoms with E-state index in [1.807, 2.05) is 30.3 Å². The predicted octanol–water partition coefficient (Wildman–Crippen LogP) is 1.15. The summed E-state index contributed by atoms with van der Waals surface area (Å²) in [6.07, 6.45) is 4.08. The van der Waals surface area contributed by atoms with Crippen LogP contribution in [0.1, 0.15) is 50.5 Å². The highest BCUT2D eigenvalue weighted by molar-refractivity contribution is 5.88. The van der Waals surface area contributed by atoms with Gasteiger partial charge in [0.15, 0.2) is 0 Å². The standard InChI is InChI=1S/C23H31N3O6/c24-16(12-14-6-2-1-3-7-14)21(28)25-17(22(29)30)10-11-20(27)26-18-9-5-4-8-15(18)13-19(26)23(31)32/h1-3,6-7,15-19H,4-5,8-13,24H2,(H,25,28)(H,29,30)(H,31,32)/t15-,16?,17+,18-,19-/m0/s1. The maximum absolute atomic E-state index is 12.9. The molecule has 0 radical (unpaired) electrons. The molecule has 3 rings (SSSR count). The minimum atomic E-state index is -1.28. The van der Waals surface area contributed by atoms with Crippen molar-refractivity contribution in [1.82, 2.24) is 10.2 Å². The van der Waals surface area contributed by atoms with E-state index in [-0.39, 0.29) is 37.1 Å². The molecule has 0 aromatic heterocycles. The Morgan fingerprint density at radius 2 is 1.78 bits per heavy atom. The van der Waals surface area contributed by atoms with E-state index in [1.54, 1.807) is 0 Å². The van der Waals surface area contributed by atoms with Gasteiger partial charge in [-0.05, 0) is 43.6 Å². The molecule has 1 unspecified atom stereocenters. The zero-order chi connectivity index (χ0) is 23.3. The van der Waals surface area contributed by atoms with Crippen LogP contribution in [0.15, 0.2) is 30.3 Å². The summed E-state index contributed by atoms with van der Waals surface area (Å²) in [6.45, 7) is 0. The Morgan fingerprint density at radius 1 is 1.09 bits per heavy atom. The summed E-state index contributed by atoms with van der Waals surface area (Å²) in [4.78, 5) is 50.2. The van der Waals surface area contributed by atoms with Gasteiger partial charge in [-0.1, -0.05) is 43.2 Å². The van der Waals surface area contributed by atoms with E-state index >= 15 is 0 Å². The summed E-state index contributed by atoms with van der Waals surface area (Å²) < 4.78 is 0. The number of nitrogens with one attached hydrogen (secondary N) is 1. The van der Waals surface area contributed by atoms with Gasteiger partial charge in [0.1, 0.15) is 12.1 Å². The van der Waals surface area contributed by atoms with Gasteiger partial charge in [-0.2, -0.15) is 0 Å². The number of amides is 2. The average Bonchev–Trinajstić information content (AvgIpc) is 3.17. The maximum Gasteiger partial charge on any atom is 0.326 e. The van der Waals surface area contributed by atoms with Crippen molar-refractivity contribution in [3.05, 3.63) is 35.9 Å². The molecular formula is C23H31N3O6. The van der Waals surface area contributed by atoms with Crippen molar-refractivity contribution in [3.63, 3.8) is 0 Å². The first-order valence-corrected chi connectivity index (χ1v) is 11.1. The first-order chi connectivity index (χ1) is 15.3. The minimum absolute atomic E-state index is 0.102. The van der Waals surface area contributed by atoms with E-state index in [0.29, 0.717) is 6.42 Å². The van der Waals surface area contributed by atoms with Gasteiger partial charge in [-0.15, -0.1) is 0 Å². The lowest BCUT2D eigenvalue weighted by Gasteiger charge is -2.33. The van der Waals surface area contributed by atoms with Gasteiger partial charge in [-0.25, -0.2) is 9.59 Å². The van der Waals surface area contributed by atoms with Crippen LogP contribution in [0.25, 0.3) is 0 Å². The predicted molar refractivity (Wildman–Crippen MR) is 116 cm³/mol. The molecule has 9 nitrogen and oxygen atoms in total. The van der Waals surface area contributed by atoms with Gasteiger partial charge >= 0.3 is 11.9 Å². The minimum Gasteiger partial charge on any atom is -0.480 e. The molecule has 5 atom stereocenters. The molecule has 174 valence electrons. The molecule has 1 aromatic rings. The molecule has 5 N–H and O–H groups in total. The molecule has 32 heavy (non-hydrogen) atoms. The molecule has 2 amide bonds. The summed E-state index contributed by atoms with van der Waals surface area (Å²) >= 11 is 0. The quantitative estimate of drug-likeness (QED) is 0.445. The zero-order valence-corrected chi connectivity index (χ0v) is 18.0. The summed E-state index contributed by atoms with van der Waals surface area (Å²) in [6, 6.07) is 5.98. The first-order valence-electron chi connectivity index (χ1n) is 11.1. The number of fused-ring (bicyclic) bond motifs is 1. The molecule has 0 spiro atoms. The van der Waals surface area contributed by atoms with Crippen LogP contribution in [0.4, 0.5) is 0 Å². The topological polar surface area (TPSA) is 150 Å². The fraction of sp³-hybridized carbons (Fsp3) is 0.565. The number of hydrogen-bond acceptors (Lipinski definition) is 5. The highest BCUT2D eigenvalue weighted by Crippen LogP contribution is 2.40. The van der Waals surface area contributed by atoms with Crippen molar-refractivity contribution in [1.29, 1.82) is 0 Å². The number of benzene rings is 1. The molecule has 1 aliphatic carbocycles. The van der Waals surface area contributed by atoms with Crippen LogP contribution in [-0.2, 0) is 25.6 Å². The van der Waals surface area contributed by atoms with Crippen molar-refractivity contribution in [2.75, 3.05) is 0 Å². The lowest BCUT2D eigenvalue weighted by Crippen LogP contribution is -2.50. The van der Waals surface area contributed by atoms with E-state index < -0.39 is 36.0 Å². The smallest absolute Gasteiger partial charge is 0.326 e. The number of carboxylic acid groups (broad SMARTS) is 2. The molecule has 9 heteroatoms. The number of nitrogens with two attached hydrogens (primary N) is 1. The number of nitrogens with zero attached hydrogens (tertiary/aromatic N) is 1. The fourth-order valence-electron chi connectivity index (χ4n) is 4.93. The van der Waals surface area contributed by atoms with E-state index in [1.165, 1.54) is 4.90 Å². The second-order valence-corrected chi connectivity index (χ2v) is 8.74. The van der Waals surface area contributed by atoms with E-state index in [2.05, 4.69) is 5.32 Å². The van der Waals surface area contributed by atoms with Crippen LogP contribution in [0, 0.1) is 5.92 Å². The number of likely N-dealkylation sites (tertiary alicyclic amines) is 1. The van der Waals surface area contributed by atoms with E-state index in [9.17, 15) is 29.4 Å². The van der Waals surface area contributed by atoms with Gasteiger partial charge in [0.2, 0.25) is 11.8 Å². The van der Waals surface area contributed by atoms with Gasteiger partial charge in [0, 0.05) is 12.5 Å². The summed E-state index contributed by atoms with van der Waals surface area (Å²) in [5.74, 6) is -3.08. The number of carboxylic acids is 2. The number of rotatable bonds is 9. The van der Waals surface area contributed by atoms with Crippen LogP contribution >= 0.6 is 0 Å². The molecule has 0 bridgehead atoms. The van der Waals surface area contributed by atoms with Gasteiger partial charge < -0.3 is 26.2 Å². The van der Waals surface area contributed by atoms with E-state index in [4.69, 9.17) is 5.73 Å². The lowest BCUT2D eigenvalue weighted by atomic mass is 9.84. The SMILES string of the molecule is NC(Cc1ccccc1)C(=O)N[C@H](CCC(=O)N1[C@H](C(=O)O)C[C@@H]2CCCC[C@@H]21)C(=O)O. The summed E-state index contributed by atoms with van der Waals surface area (Å²) in [5.41, 5.74) is 6.79. The summed E-state index contributed by atoms with van der Waals surface area (Å²) in [5, 5.41) is 21.5. The fourth-order valence-corrected chi connectivity index (χ4v) is 4.93. The maximum atomic E-state index is 12.9. The molecule has 1 aliphatic heterocycles. The van der Waals surface area contributed by atoms with Crippen molar-refractivity contribution in [3.8, 4) is 0 Å². The second kappa shape index (κ2) is 10.6. The highest BCUT2D eigenvalue weighted by atomic mass is 16.4. The van der Waals surface area contributed by atoms with Crippen LogP contribution < -0.4 is 11.1 Å². The number of carbonyl (C=O) groups is 4. The van der Waals surface area contributed by atoms with Crippen LogP contribution in [0.5, 0.6) is 0 Å². The van der Waals surface area contributed by atoms with Crippen LogP contribution in [0.3, 0.4) is 0 Å². The summed E-state index contributed by atoms with van der Waals surface area (Å²) in [7, 11) is 0. The normalized spacial score (nSPS) is 24.3. The average molecular weight is 446 g/mol. The highest BCUT2D eigenvalue weighted by Gasteiger charge is 2.47. The molecule has 2 aliphatic rings. The van der Waals surface area contributed by atoms with Crippen molar-refractivity contribution < 1.29 is 29.4 Å². The van der Waals surface area contributed by atoms with Crippen molar-refractivity contribution >= 4 is 23.8 Å². The monoisotopic (exact) mass is 445 g/mol. The number of carbonyl (C=O) groups excluding carboxylic acids is 2. The van der Waals surface area contributed by atoms with Crippen molar-refractivity contribution in [2.24, 2.45) is 11.7 Å². The Hall–Kier alpha value is -2.94. The number of aliphatic carboxylic acids is 2. The van der Waals surface area contributed by atoms with Gasteiger partial charge in [0.05, 0.1) is 6.04 Å². The Bertz CT molecular complexity index is 845. The number of hydrogen-bond donors (Lipinski definition) is 4. The van der Waals surface area contributed by atoms with Gasteiger partial charge in [-0.3, -0.25) is 9.59 Å².